The summed E-state index contributed by atoms with van der Waals surface area (Å²) in [5.41, 5.74) is 8.08. The highest BCUT2D eigenvalue weighted by atomic mass is 35.5. The van der Waals surface area contributed by atoms with Gasteiger partial charge in [0.1, 0.15) is 0 Å². The Morgan fingerprint density at radius 2 is 2.08 bits per heavy atom. The van der Waals surface area contributed by atoms with Crippen LogP contribution < -0.4 is 5.73 Å². The molecule has 2 fully saturated rings. The third-order valence-electron chi connectivity index (χ3n) is 5.35. The first-order valence-corrected chi connectivity index (χ1v) is 10.7. The Balaban J connectivity index is 0.00000196. The summed E-state index contributed by atoms with van der Waals surface area (Å²) < 4.78 is 0. The summed E-state index contributed by atoms with van der Waals surface area (Å²) in [5, 5.41) is 3.21. The van der Waals surface area contributed by atoms with Crippen LogP contribution in [0.1, 0.15) is 33.9 Å². The van der Waals surface area contributed by atoms with Gasteiger partial charge < -0.3 is 10.6 Å². The topological polar surface area (TPSA) is 59.2 Å². The molecule has 140 valence electrons. The van der Waals surface area contributed by atoms with Crippen LogP contribution in [0.5, 0.6) is 0 Å². The molecule has 3 atom stereocenters. The molecule has 1 aliphatic heterocycles. The molecule has 2 heterocycles. The molecule has 2 aliphatic rings. The largest absolute Gasteiger partial charge is 0.338 e. The van der Waals surface area contributed by atoms with Crippen molar-refractivity contribution in [3.8, 4) is 0 Å². The van der Waals surface area contributed by atoms with E-state index in [1.807, 2.05) is 36.1 Å². The van der Waals surface area contributed by atoms with E-state index in [4.69, 9.17) is 5.73 Å². The van der Waals surface area contributed by atoms with Gasteiger partial charge in [0, 0.05) is 40.7 Å². The highest BCUT2D eigenvalue weighted by Gasteiger charge is 2.42. The molecule has 1 aliphatic carbocycles. The molecule has 2 N–H and O–H groups in total. The van der Waals surface area contributed by atoms with Gasteiger partial charge in [0.05, 0.1) is 10.7 Å². The third kappa shape index (κ3) is 4.09. The smallest absolute Gasteiger partial charge is 0.253 e. The standard InChI is InChI=1S/C19H23N3OS2.ClH/c1-12-21-15(10-24-12)11-25-16-5-2-13(3-6-16)19(23)22-8-14-4-7-18(20)17(14)9-22;/h2-3,5-6,10,14,17-18H,4,7-9,11,20H2,1H3;1H. The Bertz CT molecular complexity index is 764. The Morgan fingerprint density at radius 3 is 2.73 bits per heavy atom. The first-order chi connectivity index (χ1) is 12.1. The SMILES string of the molecule is Cc1nc(CSc2ccc(C(=O)N3CC4CCC(N)C4C3)cc2)cs1.Cl. The van der Waals surface area contributed by atoms with Crippen LogP contribution in [-0.4, -0.2) is 34.9 Å². The van der Waals surface area contributed by atoms with E-state index in [0.717, 1.165) is 41.5 Å². The van der Waals surface area contributed by atoms with Crippen molar-refractivity contribution in [2.45, 2.75) is 36.5 Å². The van der Waals surface area contributed by atoms with E-state index in [9.17, 15) is 4.79 Å². The lowest BCUT2D eigenvalue weighted by Gasteiger charge is -2.19. The lowest BCUT2D eigenvalue weighted by molar-refractivity contribution is 0.0779. The maximum Gasteiger partial charge on any atom is 0.253 e. The number of carbonyl (C=O) groups excluding carboxylic acids is 1. The van der Waals surface area contributed by atoms with Crippen LogP contribution >= 0.6 is 35.5 Å². The number of hydrogen-bond donors (Lipinski definition) is 1. The lowest BCUT2D eigenvalue weighted by atomic mass is 9.98. The van der Waals surface area contributed by atoms with Crippen molar-refractivity contribution in [1.82, 2.24) is 9.88 Å². The van der Waals surface area contributed by atoms with E-state index in [0.29, 0.717) is 11.8 Å². The molecule has 3 unspecified atom stereocenters. The minimum atomic E-state index is 0. The predicted octanol–water partition coefficient (Wildman–Crippen LogP) is 3.97. The average Bonchev–Trinajstić information content (AvgIpc) is 3.31. The molecule has 0 bridgehead atoms. The van der Waals surface area contributed by atoms with Gasteiger partial charge in [-0.2, -0.15) is 0 Å². The Hall–Kier alpha value is -1.08. The Labute approximate surface area is 169 Å². The molecule has 0 spiro atoms. The number of aromatic nitrogens is 1. The van der Waals surface area contributed by atoms with Gasteiger partial charge in [0.15, 0.2) is 0 Å². The zero-order valence-corrected chi connectivity index (χ0v) is 17.2. The minimum Gasteiger partial charge on any atom is -0.338 e. The van der Waals surface area contributed by atoms with Gasteiger partial charge in [-0.1, -0.05) is 0 Å². The number of nitrogens with two attached hydrogens (primary N) is 1. The average molecular weight is 410 g/mol. The molecule has 1 aromatic heterocycles. The third-order valence-corrected chi connectivity index (χ3v) is 7.22. The number of amides is 1. The van der Waals surface area contributed by atoms with E-state index in [-0.39, 0.29) is 24.4 Å². The van der Waals surface area contributed by atoms with Crippen LogP contribution in [0.25, 0.3) is 0 Å². The van der Waals surface area contributed by atoms with Crippen molar-refractivity contribution >= 4 is 41.4 Å². The number of hydrogen-bond acceptors (Lipinski definition) is 5. The number of likely N-dealkylation sites (tertiary alicyclic amines) is 1. The van der Waals surface area contributed by atoms with E-state index >= 15 is 0 Å². The molecule has 4 nitrogen and oxygen atoms in total. The molecule has 2 aromatic rings. The summed E-state index contributed by atoms with van der Waals surface area (Å²) in [6, 6.07) is 8.26. The van der Waals surface area contributed by atoms with Crippen molar-refractivity contribution in [3.05, 3.63) is 45.9 Å². The number of carbonyl (C=O) groups is 1. The first-order valence-electron chi connectivity index (χ1n) is 8.79. The fourth-order valence-electron chi connectivity index (χ4n) is 3.98. The van der Waals surface area contributed by atoms with Crippen molar-refractivity contribution < 1.29 is 4.79 Å². The van der Waals surface area contributed by atoms with Crippen LogP contribution in [0.3, 0.4) is 0 Å². The summed E-state index contributed by atoms with van der Waals surface area (Å²) in [6.07, 6.45) is 2.28. The summed E-state index contributed by atoms with van der Waals surface area (Å²) >= 11 is 3.44. The number of thioether (sulfide) groups is 1. The Kier molecular flexibility index (Phi) is 6.28. The normalized spacial score (nSPS) is 24.4. The number of rotatable bonds is 4. The van der Waals surface area contributed by atoms with Crippen molar-refractivity contribution in [1.29, 1.82) is 0 Å². The highest BCUT2D eigenvalue weighted by Crippen LogP contribution is 2.37. The number of nitrogens with zero attached hydrogens (tertiary/aromatic N) is 2. The second-order valence-electron chi connectivity index (χ2n) is 7.05. The molecule has 26 heavy (non-hydrogen) atoms. The van der Waals surface area contributed by atoms with Gasteiger partial charge in [-0.05, 0) is 55.9 Å². The van der Waals surface area contributed by atoms with Gasteiger partial charge in [-0.25, -0.2) is 4.98 Å². The van der Waals surface area contributed by atoms with E-state index in [2.05, 4.69) is 10.4 Å². The number of thiazole rings is 1. The van der Waals surface area contributed by atoms with Crippen LogP contribution in [0.15, 0.2) is 34.5 Å². The van der Waals surface area contributed by atoms with E-state index in [1.54, 1.807) is 23.1 Å². The molecule has 1 aromatic carbocycles. The van der Waals surface area contributed by atoms with Crippen LogP contribution in [-0.2, 0) is 5.75 Å². The highest BCUT2D eigenvalue weighted by molar-refractivity contribution is 7.98. The molecule has 0 radical (unpaired) electrons. The number of benzene rings is 1. The maximum atomic E-state index is 12.7. The fraction of sp³-hybridized carbons (Fsp3) is 0.474. The van der Waals surface area contributed by atoms with Gasteiger partial charge >= 0.3 is 0 Å². The zero-order chi connectivity index (χ0) is 17.4. The van der Waals surface area contributed by atoms with Crippen LogP contribution in [0.2, 0.25) is 0 Å². The summed E-state index contributed by atoms with van der Waals surface area (Å²) in [5.74, 6) is 2.12. The van der Waals surface area contributed by atoms with Gasteiger partial charge in [0.25, 0.3) is 5.91 Å². The molecular weight excluding hydrogens is 386 g/mol. The second kappa shape index (κ2) is 8.30. The summed E-state index contributed by atoms with van der Waals surface area (Å²) in [4.78, 5) is 20.4. The number of fused-ring (bicyclic) bond motifs is 1. The zero-order valence-electron chi connectivity index (χ0n) is 14.8. The van der Waals surface area contributed by atoms with Crippen molar-refractivity contribution in [2.24, 2.45) is 17.6 Å². The number of halogens is 1. The van der Waals surface area contributed by atoms with Crippen molar-refractivity contribution in [3.63, 3.8) is 0 Å². The van der Waals surface area contributed by atoms with Gasteiger partial charge in [0.2, 0.25) is 0 Å². The molecule has 7 heteroatoms. The monoisotopic (exact) mass is 409 g/mol. The molecule has 4 rings (SSSR count). The summed E-state index contributed by atoms with van der Waals surface area (Å²) in [7, 11) is 0. The fourth-order valence-corrected chi connectivity index (χ4v) is 5.49. The van der Waals surface area contributed by atoms with Gasteiger partial charge in [-0.3, -0.25) is 4.79 Å². The predicted molar refractivity (Wildman–Crippen MR) is 110 cm³/mol. The lowest BCUT2D eigenvalue weighted by Crippen LogP contribution is -2.33. The van der Waals surface area contributed by atoms with E-state index in [1.165, 1.54) is 11.3 Å². The quantitative estimate of drug-likeness (QED) is 0.776. The second-order valence-corrected chi connectivity index (χ2v) is 9.16. The van der Waals surface area contributed by atoms with E-state index < -0.39 is 0 Å². The first kappa shape index (κ1) is 19.7. The molecular formula is C19H24ClN3OS2. The number of aryl methyl sites for hydroxylation is 1. The van der Waals surface area contributed by atoms with Gasteiger partial charge in [-0.15, -0.1) is 35.5 Å². The molecule has 1 saturated carbocycles. The Morgan fingerprint density at radius 1 is 1.31 bits per heavy atom. The minimum absolute atomic E-state index is 0. The molecule has 1 saturated heterocycles. The van der Waals surface area contributed by atoms with Crippen molar-refractivity contribution in [2.75, 3.05) is 13.1 Å². The van der Waals surface area contributed by atoms with Crippen LogP contribution in [0.4, 0.5) is 0 Å². The summed E-state index contributed by atoms with van der Waals surface area (Å²) in [6.45, 7) is 3.72. The maximum absolute atomic E-state index is 12.7. The molecule has 1 amide bonds. The van der Waals surface area contributed by atoms with Crippen LogP contribution in [0, 0.1) is 18.8 Å².